The summed E-state index contributed by atoms with van der Waals surface area (Å²) in [7, 11) is -1.88. The summed E-state index contributed by atoms with van der Waals surface area (Å²) in [4.78, 5) is 15.2. The van der Waals surface area contributed by atoms with Crippen LogP contribution in [0.15, 0.2) is 77.7 Å². The zero-order valence-corrected chi connectivity index (χ0v) is 20.2. The van der Waals surface area contributed by atoms with Crippen LogP contribution >= 0.6 is 0 Å². The molecule has 1 aliphatic heterocycles. The van der Waals surface area contributed by atoms with Gasteiger partial charge in [0.25, 0.3) is 5.91 Å². The summed E-state index contributed by atoms with van der Waals surface area (Å²) >= 11 is 0. The van der Waals surface area contributed by atoms with Crippen molar-refractivity contribution in [1.82, 2.24) is 9.21 Å². The van der Waals surface area contributed by atoms with Gasteiger partial charge < -0.3 is 10.1 Å². The van der Waals surface area contributed by atoms with Crippen molar-refractivity contribution < 1.29 is 17.9 Å². The van der Waals surface area contributed by atoms with Crippen molar-refractivity contribution in [3.8, 4) is 5.75 Å². The van der Waals surface area contributed by atoms with Gasteiger partial charge in [-0.15, -0.1) is 0 Å². The maximum atomic E-state index is 12.9. The molecule has 1 fully saturated rings. The Morgan fingerprint density at radius 2 is 1.62 bits per heavy atom. The van der Waals surface area contributed by atoms with Crippen molar-refractivity contribution in [2.24, 2.45) is 0 Å². The molecule has 3 aromatic rings. The standard InChI is InChI=1S/C26H29N3O4S/c1-20-6-12-25(13-7-20)34(31,32)29-16-14-28(15-17-29)19-21-4-3-5-22(18-21)26(30)27-23-8-10-24(33-2)11-9-23/h3-13,18H,14-17,19H2,1-2H3,(H,27,30). The van der Waals surface area contributed by atoms with Gasteiger partial charge in [0.1, 0.15) is 5.75 Å². The minimum absolute atomic E-state index is 0.180. The summed E-state index contributed by atoms with van der Waals surface area (Å²) in [6, 6.07) is 21.7. The molecule has 1 N–H and O–H groups in total. The highest BCUT2D eigenvalue weighted by molar-refractivity contribution is 7.89. The Kier molecular flexibility index (Phi) is 7.31. The van der Waals surface area contributed by atoms with E-state index in [0.29, 0.717) is 48.9 Å². The van der Waals surface area contributed by atoms with E-state index in [0.717, 1.165) is 16.9 Å². The van der Waals surface area contributed by atoms with Crippen molar-refractivity contribution in [2.75, 3.05) is 38.6 Å². The minimum atomic E-state index is -3.48. The number of amides is 1. The highest BCUT2D eigenvalue weighted by Crippen LogP contribution is 2.20. The van der Waals surface area contributed by atoms with Crippen molar-refractivity contribution in [3.63, 3.8) is 0 Å². The molecule has 0 spiro atoms. The maximum Gasteiger partial charge on any atom is 0.255 e. The molecule has 8 heteroatoms. The average molecular weight is 480 g/mol. The summed E-state index contributed by atoms with van der Waals surface area (Å²) in [6.07, 6.45) is 0. The Morgan fingerprint density at radius 1 is 0.941 bits per heavy atom. The van der Waals surface area contributed by atoms with Gasteiger partial charge in [-0.3, -0.25) is 9.69 Å². The molecule has 0 atom stereocenters. The van der Waals surface area contributed by atoms with E-state index >= 15 is 0 Å². The first-order valence-corrected chi connectivity index (χ1v) is 12.6. The number of aryl methyl sites for hydroxylation is 1. The van der Waals surface area contributed by atoms with Crippen molar-refractivity contribution >= 4 is 21.6 Å². The fourth-order valence-corrected chi connectivity index (χ4v) is 5.36. The number of anilines is 1. The van der Waals surface area contributed by atoms with Crippen LogP contribution in [0.4, 0.5) is 5.69 Å². The number of hydrogen-bond acceptors (Lipinski definition) is 5. The number of nitrogens with one attached hydrogen (secondary N) is 1. The number of ether oxygens (including phenoxy) is 1. The molecule has 1 heterocycles. The molecule has 0 radical (unpaired) electrons. The second-order valence-electron chi connectivity index (χ2n) is 8.38. The van der Waals surface area contributed by atoms with Crippen LogP contribution in [-0.2, 0) is 16.6 Å². The Balaban J connectivity index is 1.34. The van der Waals surface area contributed by atoms with Crippen LogP contribution in [0.3, 0.4) is 0 Å². The topological polar surface area (TPSA) is 79.0 Å². The van der Waals surface area contributed by atoms with Crippen molar-refractivity contribution in [1.29, 1.82) is 0 Å². The fraction of sp³-hybridized carbons (Fsp3) is 0.269. The number of sulfonamides is 1. The third-order valence-corrected chi connectivity index (χ3v) is 7.85. The van der Waals surface area contributed by atoms with E-state index in [9.17, 15) is 13.2 Å². The van der Waals surface area contributed by atoms with Gasteiger partial charge in [-0.2, -0.15) is 4.31 Å². The molecule has 34 heavy (non-hydrogen) atoms. The molecule has 1 saturated heterocycles. The Morgan fingerprint density at radius 3 is 2.26 bits per heavy atom. The lowest BCUT2D eigenvalue weighted by molar-refractivity contribution is 0.102. The quantitative estimate of drug-likeness (QED) is 0.558. The predicted octanol–water partition coefficient (Wildman–Crippen LogP) is 3.76. The van der Waals surface area contributed by atoms with E-state index in [1.807, 2.05) is 37.3 Å². The van der Waals surface area contributed by atoms with Crippen LogP contribution in [0.25, 0.3) is 0 Å². The summed E-state index contributed by atoms with van der Waals surface area (Å²) in [5, 5.41) is 2.90. The highest BCUT2D eigenvalue weighted by Gasteiger charge is 2.28. The molecule has 4 rings (SSSR count). The Hall–Kier alpha value is -3.20. The molecule has 7 nitrogen and oxygen atoms in total. The number of carbonyl (C=O) groups is 1. The Bertz CT molecular complexity index is 1230. The van der Waals surface area contributed by atoms with Crippen molar-refractivity contribution in [3.05, 3.63) is 89.5 Å². The number of nitrogens with zero attached hydrogens (tertiary/aromatic N) is 2. The van der Waals surface area contributed by atoms with Crippen molar-refractivity contribution in [2.45, 2.75) is 18.4 Å². The third kappa shape index (κ3) is 5.64. The Labute approximate surface area is 201 Å². The van der Waals surface area contributed by atoms with Gasteiger partial charge in [-0.25, -0.2) is 8.42 Å². The number of rotatable bonds is 7. The zero-order valence-electron chi connectivity index (χ0n) is 19.4. The van der Waals surface area contributed by atoms with E-state index in [1.165, 1.54) is 0 Å². The predicted molar refractivity (Wildman–Crippen MR) is 133 cm³/mol. The molecule has 0 bridgehead atoms. The zero-order chi connectivity index (χ0) is 24.1. The normalized spacial score (nSPS) is 15.1. The van der Waals surface area contributed by atoms with Gasteiger partial charge in [-0.1, -0.05) is 29.8 Å². The summed E-state index contributed by atoms with van der Waals surface area (Å²) in [5.41, 5.74) is 3.32. The van der Waals surface area contributed by atoms with E-state index in [1.54, 1.807) is 53.9 Å². The first-order chi connectivity index (χ1) is 16.3. The SMILES string of the molecule is COc1ccc(NC(=O)c2cccc(CN3CCN(S(=O)(=O)c4ccc(C)cc4)CC3)c2)cc1. The van der Waals surface area contributed by atoms with Crippen LogP contribution < -0.4 is 10.1 Å². The molecule has 0 aliphatic carbocycles. The average Bonchev–Trinajstić information content (AvgIpc) is 2.85. The smallest absolute Gasteiger partial charge is 0.255 e. The van der Waals surface area contributed by atoms with Crippen LogP contribution in [-0.4, -0.2) is 56.8 Å². The third-order valence-electron chi connectivity index (χ3n) is 5.93. The fourth-order valence-electron chi connectivity index (χ4n) is 3.93. The largest absolute Gasteiger partial charge is 0.497 e. The van der Waals surface area contributed by atoms with Gasteiger partial charge in [0.05, 0.1) is 12.0 Å². The lowest BCUT2D eigenvalue weighted by Gasteiger charge is -2.34. The lowest BCUT2D eigenvalue weighted by atomic mass is 10.1. The van der Waals surface area contributed by atoms with E-state index in [4.69, 9.17) is 4.74 Å². The molecule has 0 saturated carbocycles. The molecule has 178 valence electrons. The van der Waals surface area contributed by atoms with E-state index in [2.05, 4.69) is 10.2 Å². The molecular formula is C26H29N3O4S. The number of benzene rings is 3. The number of piperazine rings is 1. The maximum absolute atomic E-state index is 12.9. The minimum Gasteiger partial charge on any atom is -0.497 e. The lowest BCUT2D eigenvalue weighted by Crippen LogP contribution is -2.48. The second-order valence-corrected chi connectivity index (χ2v) is 10.3. The summed E-state index contributed by atoms with van der Waals surface area (Å²) in [5.74, 6) is 0.549. The van der Waals surface area contributed by atoms with Gasteiger partial charge in [0, 0.05) is 44.0 Å². The summed E-state index contributed by atoms with van der Waals surface area (Å²) in [6.45, 7) is 4.73. The van der Waals surface area contributed by atoms with Gasteiger partial charge in [0.2, 0.25) is 10.0 Å². The van der Waals surface area contributed by atoms with Crippen LogP contribution in [0, 0.1) is 6.92 Å². The van der Waals surface area contributed by atoms with Gasteiger partial charge in [0.15, 0.2) is 0 Å². The molecule has 1 aliphatic rings. The first-order valence-electron chi connectivity index (χ1n) is 11.2. The van der Waals surface area contributed by atoms with Crippen LogP contribution in [0.5, 0.6) is 5.75 Å². The first kappa shape index (κ1) is 23.9. The van der Waals surface area contributed by atoms with Crippen LogP contribution in [0.2, 0.25) is 0 Å². The molecule has 0 aromatic heterocycles. The van der Waals surface area contributed by atoms with E-state index in [-0.39, 0.29) is 5.91 Å². The second kappa shape index (κ2) is 10.4. The molecule has 3 aromatic carbocycles. The van der Waals surface area contributed by atoms with Gasteiger partial charge in [-0.05, 0) is 61.0 Å². The van der Waals surface area contributed by atoms with Gasteiger partial charge >= 0.3 is 0 Å². The number of methoxy groups -OCH3 is 1. The summed E-state index contributed by atoms with van der Waals surface area (Å²) < 4.78 is 32.5. The van der Waals surface area contributed by atoms with Crippen LogP contribution in [0.1, 0.15) is 21.5 Å². The highest BCUT2D eigenvalue weighted by atomic mass is 32.2. The monoisotopic (exact) mass is 479 g/mol. The number of carbonyl (C=O) groups excluding carboxylic acids is 1. The molecule has 1 amide bonds. The number of hydrogen-bond donors (Lipinski definition) is 1. The van der Waals surface area contributed by atoms with E-state index < -0.39 is 10.0 Å². The molecule has 0 unspecified atom stereocenters. The molecular weight excluding hydrogens is 450 g/mol.